The van der Waals surface area contributed by atoms with E-state index >= 15 is 0 Å². The van der Waals surface area contributed by atoms with Crippen LogP contribution in [0, 0.1) is 0 Å². The molecule has 21 heavy (non-hydrogen) atoms. The average molecular weight is 312 g/mol. The maximum absolute atomic E-state index is 11.1. The molecule has 1 aromatic carbocycles. The summed E-state index contributed by atoms with van der Waals surface area (Å²) in [4.78, 5) is 0. The summed E-state index contributed by atoms with van der Waals surface area (Å²) in [5, 5.41) is 3.45. The van der Waals surface area contributed by atoms with Crippen LogP contribution in [-0.2, 0) is 10.0 Å². The van der Waals surface area contributed by atoms with Crippen molar-refractivity contribution in [2.24, 2.45) is 0 Å². The molecule has 5 heteroatoms. The van der Waals surface area contributed by atoms with E-state index in [9.17, 15) is 8.42 Å². The molecule has 0 saturated carbocycles. The van der Waals surface area contributed by atoms with Crippen molar-refractivity contribution < 1.29 is 8.42 Å². The van der Waals surface area contributed by atoms with Gasteiger partial charge in [-0.3, -0.25) is 4.72 Å². The summed E-state index contributed by atoms with van der Waals surface area (Å²) < 4.78 is 24.7. The molecule has 120 valence electrons. The van der Waals surface area contributed by atoms with Gasteiger partial charge in [0.1, 0.15) is 0 Å². The molecule has 0 amide bonds. The average Bonchev–Trinajstić information content (AvgIpc) is 2.39. The Kier molecular flexibility index (Phi) is 7.57. The molecule has 0 saturated heterocycles. The minimum atomic E-state index is -3.20. The van der Waals surface area contributed by atoms with Crippen LogP contribution >= 0.6 is 0 Å². The van der Waals surface area contributed by atoms with Gasteiger partial charge in [0.2, 0.25) is 10.0 Å². The minimum absolute atomic E-state index is 0.431. The number of benzene rings is 1. The van der Waals surface area contributed by atoms with E-state index in [-0.39, 0.29) is 0 Å². The van der Waals surface area contributed by atoms with Gasteiger partial charge in [-0.25, -0.2) is 8.42 Å². The largest absolute Gasteiger partial charge is 0.383 e. The van der Waals surface area contributed by atoms with Gasteiger partial charge < -0.3 is 5.32 Å². The van der Waals surface area contributed by atoms with Crippen molar-refractivity contribution in [3.8, 4) is 0 Å². The normalized spacial score (nSPS) is 12.9. The molecular weight excluding hydrogens is 284 g/mol. The van der Waals surface area contributed by atoms with Gasteiger partial charge in [-0.2, -0.15) is 0 Å². The predicted octanol–water partition coefficient (Wildman–Crippen LogP) is 4.22. The Morgan fingerprint density at radius 3 is 2.14 bits per heavy atom. The molecule has 1 atom stereocenters. The molecule has 1 aromatic rings. The second kappa shape index (κ2) is 8.93. The molecule has 0 aliphatic rings. The standard InChI is InChI=1S/C16H28N2O2S/c1-4-5-6-7-8-9-14(2)17-15-10-12-16(13-11-15)18-21(3,19)20/h10-14,17-18H,4-9H2,1-3H3. The maximum Gasteiger partial charge on any atom is 0.229 e. The van der Waals surface area contributed by atoms with Crippen LogP contribution in [-0.4, -0.2) is 20.7 Å². The molecule has 4 nitrogen and oxygen atoms in total. The van der Waals surface area contributed by atoms with E-state index in [2.05, 4.69) is 23.9 Å². The highest BCUT2D eigenvalue weighted by molar-refractivity contribution is 7.92. The van der Waals surface area contributed by atoms with Gasteiger partial charge in [0.05, 0.1) is 6.26 Å². The van der Waals surface area contributed by atoms with Gasteiger partial charge in [0.25, 0.3) is 0 Å². The number of anilines is 2. The number of unbranched alkanes of at least 4 members (excludes halogenated alkanes) is 4. The van der Waals surface area contributed by atoms with E-state index in [1.54, 1.807) is 12.1 Å². The predicted molar refractivity (Wildman–Crippen MR) is 91.4 cm³/mol. The van der Waals surface area contributed by atoms with Crippen LogP contribution in [0.1, 0.15) is 52.4 Å². The van der Waals surface area contributed by atoms with Crippen LogP contribution in [0.2, 0.25) is 0 Å². The number of nitrogens with one attached hydrogen (secondary N) is 2. The number of hydrogen-bond acceptors (Lipinski definition) is 3. The third-order valence-corrected chi connectivity index (χ3v) is 3.95. The fourth-order valence-corrected chi connectivity index (χ4v) is 2.82. The first-order chi connectivity index (χ1) is 9.90. The van der Waals surface area contributed by atoms with Crippen LogP contribution in [0.4, 0.5) is 11.4 Å². The Morgan fingerprint density at radius 2 is 1.57 bits per heavy atom. The zero-order valence-electron chi connectivity index (χ0n) is 13.4. The van der Waals surface area contributed by atoms with Crippen molar-refractivity contribution in [2.75, 3.05) is 16.3 Å². The third kappa shape index (κ3) is 8.60. The van der Waals surface area contributed by atoms with E-state index in [1.165, 1.54) is 32.1 Å². The number of rotatable bonds is 10. The van der Waals surface area contributed by atoms with E-state index in [1.807, 2.05) is 12.1 Å². The van der Waals surface area contributed by atoms with Gasteiger partial charge in [-0.1, -0.05) is 39.0 Å². The quantitative estimate of drug-likeness (QED) is 0.636. The molecule has 0 aliphatic carbocycles. The lowest BCUT2D eigenvalue weighted by Gasteiger charge is -2.15. The van der Waals surface area contributed by atoms with Gasteiger partial charge in [0, 0.05) is 17.4 Å². The first-order valence-corrected chi connectivity index (χ1v) is 9.64. The molecule has 0 heterocycles. The van der Waals surface area contributed by atoms with Crippen molar-refractivity contribution in [3.05, 3.63) is 24.3 Å². The van der Waals surface area contributed by atoms with E-state index in [4.69, 9.17) is 0 Å². The lowest BCUT2D eigenvalue weighted by Crippen LogP contribution is -2.15. The summed E-state index contributed by atoms with van der Waals surface area (Å²) in [5.74, 6) is 0. The van der Waals surface area contributed by atoms with Gasteiger partial charge >= 0.3 is 0 Å². The minimum Gasteiger partial charge on any atom is -0.383 e. The number of hydrogen-bond donors (Lipinski definition) is 2. The first kappa shape index (κ1) is 17.8. The third-order valence-electron chi connectivity index (χ3n) is 3.34. The highest BCUT2D eigenvalue weighted by Gasteiger charge is 2.04. The summed E-state index contributed by atoms with van der Waals surface area (Å²) in [7, 11) is -3.20. The van der Waals surface area contributed by atoms with Crippen LogP contribution < -0.4 is 10.0 Å². The summed E-state index contributed by atoms with van der Waals surface area (Å²) in [6, 6.07) is 7.79. The second-order valence-corrected chi connectivity index (χ2v) is 7.45. The summed E-state index contributed by atoms with van der Waals surface area (Å²) >= 11 is 0. The lowest BCUT2D eigenvalue weighted by molar-refractivity contribution is 0.578. The van der Waals surface area contributed by atoms with Crippen LogP contribution in [0.5, 0.6) is 0 Å². The molecule has 1 rings (SSSR count). The molecule has 0 aliphatic heterocycles. The molecule has 0 radical (unpaired) electrons. The van der Waals surface area contributed by atoms with Crippen molar-refractivity contribution in [1.29, 1.82) is 0 Å². The van der Waals surface area contributed by atoms with Crippen molar-refractivity contribution in [2.45, 2.75) is 58.4 Å². The van der Waals surface area contributed by atoms with Crippen molar-refractivity contribution in [3.63, 3.8) is 0 Å². The smallest absolute Gasteiger partial charge is 0.229 e. The van der Waals surface area contributed by atoms with Crippen molar-refractivity contribution in [1.82, 2.24) is 0 Å². The highest BCUT2D eigenvalue weighted by atomic mass is 32.2. The first-order valence-electron chi connectivity index (χ1n) is 7.75. The van der Waals surface area contributed by atoms with E-state index in [0.717, 1.165) is 18.4 Å². The lowest BCUT2D eigenvalue weighted by atomic mass is 10.1. The summed E-state index contributed by atoms with van der Waals surface area (Å²) in [6.07, 6.45) is 8.80. The molecule has 0 aromatic heterocycles. The SMILES string of the molecule is CCCCCCCC(C)Nc1ccc(NS(C)(=O)=O)cc1. The van der Waals surface area contributed by atoms with E-state index in [0.29, 0.717) is 11.7 Å². The molecule has 2 N–H and O–H groups in total. The van der Waals surface area contributed by atoms with Crippen LogP contribution in [0.25, 0.3) is 0 Å². The van der Waals surface area contributed by atoms with Crippen LogP contribution in [0.15, 0.2) is 24.3 Å². The fraction of sp³-hybridized carbons (Fsp3) is 0.625. The Morgan fingerprint density at radius 1 is 1.00 bits per heavy atom. The highest BCUT2D eigenvalue weighted by Crippen LogP contribution is 2.17. The zero-order valence-corrected chi connectivity index (χ0v) is 14.2. The summed E-state index contributed by atoms with van der Waals surface area (Å²) in [6.45, 7) is 4.41. The van der Waals surface area contributed by atoms with Gasteiger partial charge in [-0.15, -0.1) is 0 Å². The molecule has 0 spiro atoms. The maximum atomic E-state index is 11.1. The van der Waals surface area contributed by atoms with Gasteiger partial charge in [-0.05, 0) is 37.6 Å². The monoisotopic (exact) mass is 312 g/mol. The fourth-order valence-electron chi connectivity index (χ4n) is 2.26. The molecule has 1 unspecified atom stereocenters. The Hall–Kier alpha value is -1.23. The Balaban J connectivity index is 2.34. The van der Waals surface area contributed by atoms with Crippen LogP contribution in [0.3, 0.4) is 0 Å². The van der Waals surface area contributed by atoms with E-state index < -0.39 is 10.0 Å². The number of sulfonamides is 1. The summed E-state index contributed by atoms with van der Waals surface area (Å²) in [5.41, 5.74) is 1.62. The van der Waals surface area contributed by atoms with Gasteiger partial charge in [0.15, 0.2) is 0 Å². The second-order valence-electron chi connectivity index (χ2n) is 5.70. The zero-order chi connectivity index (χ0) is 15.7. The van der Waals surface area contributed by atoms with Crippen molar-refractivity contribution >= 4 is 21.4 Å². The topological polar surface area (TPSA) is 58.2 Å². The Bertz CT molecular complexity index is 498. The molecule has 0 fully saturated rings. The molecule has 0 bridgehead atoms. The Labute approximate surface area is 129 Å². The molecular formula is C16H28N2O2S.